The van der Waals surface area contributed by atoms with Gasteiger partial charge in [0.1, 0.15) is 18.9 Å². The van der Waals surface area contributed by atoms with Gasteiger partial charge in [0.05, 0.1) is 59.0 Å². The first-order valence-corrected chi connectivity index (χ1v) is 12.1. The monoisotopic (exact) mass is 503 g/mol. The summed E-state index contributed by atoms with van der Waals surface area (Å²) in [6.07, 6.45) is 12.6. The van der Waals surface area contributed by atoms with Gasteiger partial charge in [-0.25, -0.2) is 4.68 Å². The lowest BCUT2D eigenvalue weighted by Gasteiger charge is -2.32. The Kier molecular flexibility index (Phi) is 12.4. The average molecular weight is 504 g/mol. The number of ether oxygens (including phenoxy) is 5. The Morgan fingerprint density at radius 1 is 0.676 bits per heavy atom. The van der Waals surface area contributed by atoms with Crippen LogP contribution >= 0.6 is 0 Å². The van der Waals surface area contributed by atoms with Crippen LogP contribution in [-0.4, -0.2) is 74.5 Å². The van der Waals surface area contributed by atoms with Gasteiger partial charge in [-0.15, -0.1) is 17.9 Å². The van der Waals surface area contributed by atoms with Crippen LogP contribution in [0.15, 0.2) is 66.9 Å². The lowest BCUT2D eigenvalue weighted by Crippen LogP contribution is -2.33. The number of nitrogens with zero attached hydrogens (tertiary/aromatic N) is 3. The van der Waals surface area contributed by atoms with Crippen LogP contribution in [0.4, 0.5) is 0 Å². The highest BCUT2D eigenvalue weighted by Crippen LogP contribution is 2.39. The molecule has 3 rings (SSSR count). The van der Waals surface area contributed by atoms with Crippen LogP contribution in [0.1, 0.15) is 16.8 Å². The molecule has 0 unspecified atom stereocenters. The summed E-state index contributed by atoms with van der Waals surface area (Å²) in [5.41, 5.74) is 1.49. The van der Waals surface area contributed by atoms with Gasteiger partial charge < -0.3 is 23.7 Å². The molecule has 0 saturated heterocycles. The van der Waals surface area contributed by atoms with E-state index in [1.165, 1.54) is 0 Å². The zero-order valence-corrected chi connectivity index (χ0v) is 21.0. The highest BCUT2D eigenvalue weighted by atomic mass is 16.6. The van der Waals surface area contributed by atoms with Crippen molar-refractivity contribution in [2.24, 2.45) is 0 Å². The van der Waals surface area contributed by atoms with E-state index in [0.29, 0.717) is 65.1 Å². The standard InChI is InChI=1S/C29H33N3O5/c1-3-16-33-19-21-35-23-24-36-22-20-34-18-15-32-25-28(30-31-32)29(37-17-4-2,26-11-7-5-8-12-26)27-13-9-6-10-14-27/h1-2,5-14,25H,15-24H2. The smallest absolute Gasteiger partial charge is 0.165 e. The summed E-state index contributed by atoms with van der Waals surface area (Å²) in [5, 5.41) is 8.80. The predicted octanol–water partition coefficient (Wildman–Crippen LogP) is 2.92. The number of rotatable bonds is 18. The van der Waals surface area contributed by atoms with E-state index in [4.69, 9.17) is 36.5 Å². The van der Waals surface area contributed by atoms with E-state index in [-0.39, 0.29) is 6.61 Å². The summed E-state index contributed by atoms with van der Waals surface area (Å²) in [6, 6.07) is 19.8. The van der Waals surface area contributed by atoms with Crippen LogP contribution in [0.2, 0.25) is 0 Å². The van der Waals surface area contributed by atoms with Crippen molar-refractivity contribution in [3.05, 3.63) is 83.7 Å². The molecule has 37 heavy (non-hydrogen) atoms. The maximum Gasteiger partial charge on any atom is 0.165 e. The summed E-state index contributed by atoms with van der Waals surface area (Å²) in [6.45, 7) is 4.30. The molecule has 0 amide bonds. The van der Waals surface area contributed by atoms with E-state index >= 15 is 0 Å². The fourth-order valence-electron chi connectivity index (χ4n) is 3.72. The summed E-state index contributed by atoms with van der Waals surface area (Å²) >= 11 is 0. The maximum absolute atomic E-state index is 6.35. The topological polar surface area (TPSA) is 76.9 Å². The van der Waals surface area contributed by atoms with Gasteiger partial charge in [-0.1, -0.05) is 77.7 Å². The summed E-state index contributed by atoms with van der Waals surface area (Å²) in [7, 11) is 0. The molecular weight excluding hydrogens is 470 g/mol. The van der Waals surface area contributed by atoms with Crippen LogP contribution in [0.25, 0.3) is 0 Å². The van der Waals surface area contributed by atoms with Crippen molar-refractivity contribution in [2.45, 2.75) is 12.1 Å². The molecule has 1 aromatic heterocycles. The van der Waals surface area contributed by atoms with Gasteiger partial charge in [0.15, 0.2) is 5.60 Å². The van der Waals surface area contributed by atoms with Crippen LogP contribution in [0, 0.1) is 24.7 Å². The molecule has 0 radical (unpaired) electrons. The predicted molar refractivity (Wildman–Crippen MR) is 140 cm³/mol. The Balaban J connectivity index is 1.51. The number of hydrogen-bond donors (Lipinski definition) is 0. The quantitative estimate of drug-likeness (QED) is 0.195. The first kappa shape index (κ1) is 28.1. The first-order valence-electron chi connectivity index (χ1n) is 12.1. The van der Waals surface area contributed by atoms with Crippen molar-refractivity contribution in [2.75, 3.05) is 59.5 Å². The van der Waals surface area contributed by atoms with Gasteiger partial charge in [0, 0.05) is 0 Å². The van der Waals surface area contributed by atoms with Crippen molar-refractivity contribution >= 4 is 0 Å². The third-order valence-electron chi connectivity index (χ3n) is 5.40. The maximum atomic E-state index is 6.35. The second-order valence-electron chi connectivity index (χ2n) is 7.87. The minimum atomic E-state index is -0.989. The molecule has 2 aromatic carbocycles. The minimum absolute atomic E-state index is 0.115. The first-order chi connectivity index (χ1) is 18.3. The van der Waals surface area contributed by atoms with Crippen molar-refractivity contribution in [3.8, 4) is 24.7 Å². The molecule has 0 spiro atoms. The second-order valence-corrected chi connectivity index (χ2v) is 7.87. The molecule has 0 aliphatic rings. The minimum Gasteiger partial charge on any atom is -0.377 e. The van der Waals surface area contributed by atoms with Crippen LogP contribution in [0.5, 0.6) is 0 Å². The molecule has 8 heteroatoms. The van der Waals surface area contributed by atoms with Gasteiger partial charge >= 0.3 is 0 Å². The Morgan fingerprint density at radius 3 is 1.73 bits per heavy atom. The molecule has 194 valence electrons. The van der Waals surface area contributed by atoms with E-state index in [2.05, 4.69) is 22.2 Å². The Morgan fingerprint density at radius 2 is 1.19 bits per heavy atom. The summed E-state index contributed by atoms with van der Waals surface area (Å²) in [4.78, 5) is 0. The zero-order valence-electron chi connectivity index (χ0n) is 21.0. The fraction of sp³-hybridized carbons (Fsp3) is 0.379. The van der Waals surface area contributed by atoms with Crippen molar-refractivity contribution in [1.29, 1.82) is 0 Å². The average Bonchev–Trinajstić information content (AvgIpc) is 3.42. The van der Waals surface area contributed by atoms with Crippen molar-refractivity contribution < 1.29 is 23.7 Å². The molecule has 3 aromatic rings. The van der Waals surface area contributed by atoms with E-state index in [1.54, 1.807) is 4.68 Å². The summed E-state index contributed by atoms with van der Waals surface area (Å²) in [5.74, 6) is 4.99. The molecule has 0 bridgehead atoms. The van der Waals surface area contributed by atoms with Crippen molar-refractivity contribution in [3.63, 3.8) is 0 Å². The highest BCUT2D eigenvalue weighted by Gasteiger charge is 2.40. The Hall–Kier alpha value is -3.50. The van der Waals surface area contributed by atoms with Gasteiger partial charge in [0.25, 0.3) is 0 Å². The van der Waals surface area contributed by atoms with Gasteiger partial charge in [-0.2, -0.15) is 0 Å². The van der Waals surface area contributed by atoms with Gasteiger partial charge in [-0.3, -0.25) is 0 Å². The van der Waals surface area contributed by atoms with Gasteiger partial charge in [0.2, 0.25) is 0 Å². The number of hydrogen-bond acceptors (Lipinski definition) is 7. The number of terminal acetylenes is 2. The van der Waals surface area contributed by atoms with Crippen LogP contribution in [0.3, 0.4) is 0 Å². The molecule has 0 atom stereocenters. The largest absolute Gasteiger partial charge is 0.377 e. The molecule has 0 fully saturated rings. The third-order valence-corrected chi connectivity index (χ3v) is 5.40. The molecule has 8 nitrogen and oxygen atoms in total. The van der Waals surface area contributed by atoms with Crippen LogP contribution in [-0.2, 0) is 35.8 Å². The van der Waals surface area contributed by atoms with Crippen LogP contribution < -0.4 is 0 Å². The Labute approximate surface area is 218 Å². The molecule has 1 heterocycles. The lowest BCUT2D eigenvalue weighted by atomic mass is 9.83. The Bertz CT molecular complexity index is 1070. The number of benzene rings is 2. The molecule has 0 aliphatic heterocycles. The fourth-order valence-corrected chi connectivity index (χ4v) is 3.72. The van der Waals surface area contributed by atoms with E-state index in [1.807, 2.05) is 66.9 Å². The van der Waals surface area contributed by atoms with E-state index < -0.39 is 5.60 Å². The molecule has 0 saturated carbocycles. The van der Waals surface area contributed by atoms with E-state index in [9.17, 15) is 0 Å². The molecular formula is C29H33N3O5. The van der Waals surface area contributed by atoms with E-state index in [0.717, 1.165) is 11.1 Å². The second kappa shape index (κ2) is 16.3. The van der Waals surface area contributed by atoms with Gasteiger partial charge in [-0.05, 0) is 11.1 Å². The zero-order chi connectivity index (χ0) is 26.0. The van der Waals surface area contributed by atoms with Crippen molar-refractivity contribution in [1.82, 2.24) is 15.0 Å². The third kappa shape index (κ3) is 8.54. The normalized spacial score (nSPS) is 11.2. The highest BCUT2D eigenvalue weighted by molar-refractivity contribution is 5.44. The number of aromatic nitrogens is 3. The summed E-state index contributed by atoms with van der Waals surface area (Å²) < 4.78 is 29.8. The molecule has 0 aliphatic carbocycles. The lowest BCUT2D eigenvalue weighted by molar-refractivity contribution is 0.000188. The molecule has 0 N–H and O–H groups in total. The SMILES string of the molecule is C#CCOCCOCCOCCOCCn1cc(C(OCC#C)(c2ccccc2)c2ccccc2)nn1.